The second-order valence-electron chi connectivity index (χ2n) is 6.58. The summed E-state index contributed by atoms with van der Waals surface area (Å²) < 4.78 is 7.38. The summed E-state index contributed by atoms with van der Waals surface area (Å²) >= 11 is 6.27. The number of rotatable bonds is 5. The standard InChI is InChI=1S/C19H17ClN4O4/c1-10-13(18(25)26)9-24-17(10)16(6-7-21-24)28-12-4-5-15(14(20)8-12)23-19(27)22-11-2-3-11/h4-9,11H,2-3H2,1H3,(H,25,26)(H2,22,23,27). The van der Waals surface area contributed by atoms with E-state index in [1.807, 2.05) is 0 Å². The van der Waals surface area contributed by atoms with Crippen molar-refractivity contribution in [2.45, 2.75) is 25.8 Å². The van der Waals surface area contributed by atoms with E-state index in [4.69, 9.17) is 16.3 Å². The van der Waals surface area contributed by atoms with Crippen LogP contribution in [0.3, 0.4) is 0 Å². The summed E-state index contributed by atoms with van der Waals surface area (Å²) in [4.78, 5) is 23.2. The van der Waals surface area contributed by atoms with E-state index >= 15 is 0 Å². The van der Waals surface area contributed by atoms with E-state index in [1.165, 1.54) is 16.9 Å². The van der Waals surface area contributed by atoms with Gasteiger partial charge in [-0.15, -0.1) is 0 Å². The number of aromatic carboxylic acids is 1. The number of carboxylic acid groups (broad SMARTS) is 1. The van der Waals surface area contributed by atoms with Gasteiger partial charge < -0.3 is 20.5 Å². The Labute approximate surface area is 165 Å². The Balaban J connectivity index is 1.58. The van der Waals surface area contributed by atoms with Crippen LogP contribution in [0, 0.1) is 6.92 Å². The molecule has 2 aromatic heterocycles. The van der Waals surface area contributed by atoms with E-state index in [-0.39, 0.29) is 17.6 Å². The lowest BCUT2D eigenvalue weighted by molar-refractivity contribution is 0.0696. The summed E-state index contributed by atoms with van der Waals surface area (Å²) in [6, 6.07) is 6.51. The van der Waals surface area contributed by atoms with Gasteiger partial charge in [0, 0.05) is 24.4 Å². The van der Waals surface area contributed by atoms with Gasteiger partial charge in [-0.05, 0) is 37.5 Å². The van der Waals surface area contributed by atoms with Gasteiger partial charge in [-0.2, -0.15) is 5.10 Å². The Morgan fingerprint density at radius 3 is 2.79 bits per heavy atom. The molecule has 144 valence electrons. The van der Waals surface area contributed by atoms with Crippen LogP contribution in [0.5, 0.6) is 11.5 Å². The lowest BCUT2D eigenvalue weighted by Crippen LogP contribution is -2.30. The Hall–Kier alpha value is -3.26. The molecule has 1 aromatic carbocycles. The molecule has 1 saturated carbocycles. The molecule has 0 spiro atoms. The van der Waals surface area contributed by atoms with Crippen molar-refractivity contribution in [3.8, 4) is 11.5 Å². The van der Waals surface area contributed by atoms with Gasteiger partial charge in [-0.3, -0.25) is 0 Å². The van der Waals surface area contributed by atoms with Gasteiger partial charge in [0.15, 0.2) is 5.75 Å². The van der Waals surface area contributed by atoms with Crippen molar-refractivity contribution >= 4 is 34.8 Å². The summed E-state index contributed by atoms with van der Waals surface area (Å²) in [5.41, 5.74) is 1.74. The van der Waals surface area contributed by atoms with Crippen LogP contribution in [0.1, 0.15) is 28.8 Å². The summed E-state index contributed by atoms with van der Waals surface area (Å²) in [5, 5.41) is 19.3. The Kier molecular flexibility index (Phi) is 4.56. The molecule has 0 bridgehead atoms. The zero-order valence-electron chi connectivity index (χ0n) is 14.9. The number of nitrogens with one attached hydrogen (secondary N) is 2. The van der Waals surface area contributed by atoms with Gasteiger partial charge in [0.25, 0.3) is 0 Å². The molecule has 2 heterocycles. The number of ether oxygens (including phenoxy) is 1. The number of amides is 2. The predicted molar refractivity (Wildman–Crippen MR) is 104 cm³/mol. The number of nitrogens with zero attached hydrogens (tertiary/aromatic N) is 2. The molecule has 1 fully saturated rings. The lowest BCUT2D eigenvalue weighted by Gasteiger charge is -2.11. The van der Waals surface area contributed by atoms with Crippen LogP contribution in [0.4, 0.5) is 10.5 Å². The predicted octanol–water partition coefficient (Wildman–Crippen LogP) is 4.07. The van der Waals surface area contributed by atoms with Crippen LogP contribution >= 0.6 is 11.6 Å². The van der Waals surface area contributed by atoms with E-state index in [1.54, 1.807) is 31.2 Å². The van der Waals surface area contributed by atoms with Crippen molar-refractivity contribution in [1.82, 2.24) is 14.9 Å². The SMILES string of the molecule is Cc1c(C(=O)O)cn2nccc(Oc3ccc(NC(=O)NC4CC4)c(Cl)c3)c12. The third kappa shape index (κ3) is 3.59. The highest BCUT2D eigenvalue weighted by atomic mass is 35.5. The molecule has 2 amide bonds. The highest BCUT2D eigenvalue weighted by Crippen LogP contribution is 2.33. The molecule has 3 N–H and O–H groups in total. The third-order valence-electron chi connectivity index (χ3n) is 4.45. The number of aryl methyl sites for hydroxylation is 1. The average Bonchev–Trinajstić information content (AvgIpc) is 3.38. The van der Waals surface area contributed by atoms with Crippen LogP contribution in [-0.2, 0) is 0 Å². The summed E-state index contributed by atoms with van der Waals surface area (Å²) in [6.45, 7) is 1.70. The van der Waals surface area contributed by atoms with Crippen molar-refractivity contribution in [1.29, 1.82) is 0 Å². The molecule has 0 unspecified atom stereocenters. The van der Waals surface area contributed by atoms with Crippen molar-refractivity contribution in [2.24, 2.45) is 0 Å². The van der Waals surface area contributed by atoms with Gasteiger partial charge in [-0.1, -0.05) is 11.6 Å². The maximum atomic E-state index is 11.9. The first-order valence-corrected chi connectivity index (χ1v) is 9.05. The smallest absolute Gasteiger partial charge is 0.337 e. The van der Waals surface area contributed by atoms with Crippen molar-refractivity contribution in [3.63, 3.8) is 0 Å². The van der Waals surface area contributed by atoms with Gasteiger partial charge in [0.05, 0.1) is 22.5 Å². The molecule has 0 atom stereocenters. The molecule has 0 radical (unpaired) electrons. The van der Waals surface area contributed by atoms with E-state index in [2.05, 4.69) is 15.7 Å². The van der Waals surface area contributed by atoms with Crippen molar-refractivity contribution in [2.75, 3.05) is 5.32 Å². The molecule has 4 rings (SSSR count). The largest absolute Gasteiger partial charge is 0.478 e. The number of halogens is 1. The van der Waals surface area contributed by atoms with Gasteiger partial charge in [0.1, 0.15) is 11.3 Å². The average molecular weight is 401 g/mol. The maximum Gasteiger partial charge on any atom is 0.337 e. The molecule has 9 heteroatoms. The van der Waals surface area contributed by atoms with Crippen LogP contribution in [-0.4, -0.2) is 32.8 Å². The van der Waals surface area contributed by atoms with Crippen molar-refractivity contribution < 1.29 is 19.4 Å². The number of carbonyl (C=O) groups excluding carboxylic acids is 1. The first kappa shape index (κ1) is 18.1. The van der Waals surface area contributed by atoms with Gasteiger partial charge in [-0.25, -0.2) is 14.1 Å². The number of benzene rings is 1. The Bertz CT molecular complexity index is 1090. The van der Waals surface area contributed by atoms with E-state index in [0.29, 0.717) is 33.3 Å². The maximum absolute atomic E-state index is 11.9. The van der Waals surface area contributed by atoms with Crippen molar-refractivity contribution in [3.05, 3.63) is 52.8 Å². The fourth-order valence-corrected chi connectivity index (χ4v) is 3.10. The van der Waals surface area contributed by atoms with Crippen LogP contribution in [0.25, 0.3) is 5.52 Å². The fourth-order valence-electron chi connectivity index (χ4n) is 2.88. The molecular weight excluding hydrogens is 384 g/mol. The highest BCUT2D eigenvalue weighted by Gasteiger charge is 2.23. The summed E-state index contributed by atoms with van der Waals surface area (Å²) in [7, 11) is 0. The number of carboxylic acids is 1. The third-order valence-corrected chi connectivity index (χ3v) is 4.76. The number of aromatic nitrogens is 2. The topological polar surface area (TPSA) is 105 Å². The number of hydrogen-bond donors (Lipinski definition) is 3. The van der Waals surface area contributed by atoms with E-state index < -0.39 is 5.97 Å². The zero-order chi connectivity index (χ0) is 19.8. The second kappa shape index (κ2) is 7.05. The number of urea groups is 1. The highest BCUT2D eigenvalue weighted by molar-refractivity contribution is 6.33. The van der Waals surface area contributed by atoms with Gasteiger partial charge in [0.2, 0.25) is 0 Å². The van der Waals surface area contributed by atoms with Gasteiger partial charge >= 0.3 is 12.0 Å². The number of hydrogen-bond acceptors (Lipinski definition) is 4. The molecule has 1 aliphatic rings. The summed E-state index contributed by atoms with van der Waals surface area (Å²) in [6.07, 6.45) is 4.96. The minimum Gasteiger partial charge on any atom is -0.478 e. The van der Waals surface area contributed by atoms with E-state index in [0.717, 1.165) is 12.8 Å². The van der Waals surface area contributed by atoms with Crippen LogP contribution < -0.4 is 15.4 Å². The molecular formula is C19H17ClN4O4. The first-order chi connectivity index (χ1) is 13.4. The second-order valence-corrected chi connectivity index (χ2v) is 6.99. The van der Waals surface area contributed by atoms with Crippen LogP contribution in [0.2, 0.25) is 5.02 Å². The lowest BCUT2D eigenvalue weighted by atomic mass is 10.2. The fraction of sp³-hybridized carbons (Fsp3) is 0.211. The molecule has 8 nitrogen and oxygen atoms in total. The van der Waals surface area contributed by atoms with Crippen LogP contribution in [0.15, 0.2) is 36.7 Å². The number of anilines is 1. The number of carbonyl (C=O) groups is 2. The molecule has 0 aliphatic heterocycles. The normalized spacial score (nSPS) is 13.4. The minimum atomic E-state index is -1.03. The zero-order valence-corrected chi connectivity index (χ0v) is 15.7. The number of fused-ring (bicyclic) bond motifs is 1. The van der Waals surface area contributed by atoms with E-state index in [9.17, 15) is 14.7 Å². The quantitative estimate of drug-likeness (QED) is 0.598. The Morgan fingerprint density at radius 1 is 1.32 bits per heavy atom. The summed E-state index contributed by atoms with van der Waals surface area (Å²) in [5.74, 6) is -0.135. The molecule has 28 heavy (non-hydrogen) atoms. The molecule has 1 aliphatic carbocycles. The molecule has 0 saturated heterocycles. The minimum absolute atomic E-state index is 0.155. The first-order valence-electron chi connectivity index (χ1n) is 8.67. The molecule has 3 aromatic rings. The monoisotopic (exact) mass is 400 g/mol. The Morgan fingerprint density at radius 2 is 2.11 bits per heavy atom.